The second-order valence-corrected chi connectivity index (χ2v) is 10.5. The lowest BCUT2D eigenvalue weighted by Crippen LogP contribution is -2.32. The first-order chi connectivity index (χ1) is 21.9. The number of hydrogen-bond acceptors (Lipinski definition) is 9. The summed E-state index contributed by atoms with van der Waals surface area (Å²) in [5.74, 6) is -2.25. The number of esters is 2. The number of dihydropyridines is 1. The van der Waals surface area contributed by atoms with Gasteiger partial charge in [0.15, 0.2) is 0 Å². The molecule has 4 rings (SSSR count). The van der Waals surface area contributed by atoms with Gasteiger partial charge >= 0.3 is 18.1 Å². The van der Waals surface area contributed by atoms with Gasteiger partial charge in [0.1, 0.15) is 0 Å². The number of methoxy groups -OCH3 is 1. The largest absolute Gasteiger partial charge is 0.477 e. The number of unbranched alkanes of at least 4 members (excludes halogenated alkanes) is 3. The number of alkyl halides is 3. The molecule has 1 aliphatic rings. The van der Waals surface area contributed by atoms with Gasteiger partial charge in [0.05, 0.1) is 53.6 Å². The van der Waals surface area contributed by atoms with E-state index in [2.05, 4.69) is 15.5 Å². The molecule has 0 radical (unpaired) electrons. The molecule has 2 aromatic carbocycles. The van der Waals surface area contributed by atoms with E-state index in [1.807, 2.05) is 0 Å². The SMILES string of the molecule is COC(=O)C1=C(C)NC(C)=C(C(=O)OCCCCCCOc2cc(-c3cccc(C(F)(F)F)c3)[nH]n2)C1c1ccccc1[N+](=O)[O-]. The number of hydrogen-bond donors (Lipinski definition) is 2. The van der Waals surface area contributed by atoms with Crippen molar-refractivity contribution in [3.8, 4) is 17.1 Å². The lowest BCUT2D eigenvalue weighted by Gasteiger charge is -2.30. The van der Waals surface area contributed by atoms with E-state index in [4.69, 9.17) is 14.2 Å². The Morgan fingerprint density at radius 2 is 1.61 bits per heavy atom. The number of aromatic nitrogens is 2. The zero-order valence-corrected chi connectivity index (χ0v) is 25.4. The molecule has 0 fully saturated rings. The molecular formula is C32H33F3N4O7. The number of halogens is 3. The van der Waals surface area contributed by atoms with Gasteiger partial charge in [0.25, 0.3) is 5.69 Å². The second kappa shape index (κ2) is 14.8. The molecule has 2 N–H and O–H groups in total. The topological polar surface area (TPSA) is 146 Å². The van der Waals surface area contributed by atoms with Gasteiger partial charge in [-0.2, -0.15) is 13.2 Å². The van der Waals surface area contributed by atoms with Crippen LogP contribution in [0, 0.1) is 10.1 Å². The molecule has 1 aliphatic heterocycles. The molecule has 0 aliphatic carbocycles. The summed E-state index contributed by atoms with van der Waals surface area (Å²) in [6.07, 6.45) is -1.83. The average Bonchev–Trinajstić information content (AvgIpc) is 3.50. The summed E-state index contributed by atoms with van der Waals surface area (Å²) in [5.41, 5.74) is 0.874. The first-order valence-corrected chi connectivity index (χ1v) is 14.5. The van der Waals surface area contributed by atoms with Crippen molar-refractivity contribution in [2.24, 2.45) is 0 Å². The maximum atomic E-state index is 13.4. The number of nitro benzene ring substituents is 1. The van der Waals surface area contributed by atoms with Crippen LogP contribution in [0.5, 0.6) is 5.88 Å². The fraction of sp³-hybridized carbons (Fsp3) is 0.344. The Morgan fingerprint density at radius 1 is 0.935 bits per heavy atom. The predicted molar refractivity (Wildman–Crippen MR) is 160 cm³/mol. The molecule has 11 nitrogen and oxygen atoms in total. The van der Waals surface area contributed by atoms with E-state index in [1.165, 1.54) is 37.4 Å². The van der Waals surface area contributed by atoms with Crippen LogP contribution in [0.15, 0.2) is 77.1 Å². The highest BCUT2D eigenvalue weighted by molar-refractivity contribution is 6.00. The van der Waals surface area contributed by atoms with Crippen LogP contribution >= 0.6 is 0 Å². The van der Waals surface area contributed by atoms with E-state index < -0.39 is 34.5 Å². The highest BCUT2D eigenvalue weighted by atomic mass is 19.4. The normalized spacial score (nSPS) is 15.0. The zero-order valence-electron chi connectivity index (χ0n) is 25.4. The van der Waals surface area contributed by atoms with Gasteiger partial charge < -0.3 is 19.5 Å². The zero-order chi connectivity index (χ0) is 33.4. The smallest absolute Gasteiger partial charge is 0.416 e. The summed E-state index contributed by atoms with van der Waals surface area (Å²) in [4.78, 5) is 37.4. The number of carbonyl (C=O) groups excluding carboxylic acids is 2. The Balaban J connectivity index is 1.29. The van der Waals surface area contributed by atoms with E-state index in [0.717, 1.165) is 18.6 Å². The molecule has 46 heavy (non-hydrogen) atoms. The highest BCUT2D eigenvalue weighted by Gasteiger charge is 2.40. The number of benzene rings is 2. The lowest BCUT2D eigenvalue weighted by atomic mass is 9.79. The number of para-hydroxylation sites is 1. The molecule has 1 aromatic heterocycles. The Labute approximate surface area is 262 Å². The molecule has 1 unspecified atom stereocenters. The number of carbonyl (C=O) groups is 2. The van der Waals surface area contributed by atoms with Gasteiger partial charge in [-0.25, -0.2) is 9.59 Å². The van der Waals surface area contributed by atoms with Gasteiger partial charge in [-0.1, -0.05) is 30.3 Å². The Hall–Kier alpha value is -5.14. The molecule has 0 saturated heterocycles. The minimum absolute atomic E-state index is 0.0770. The molecule has 14 heteroatoms. The second-order valence-electron chi connectivity index (χ2n) is 10.5. The molecule has 0 bridgehead atoms. The van der Waals surface area contributed by atoms with Crippen molar-refractivity contribution in [2.45, 2.75) is 51.6 Å². The predicted octanol–water partition coefficient (Wildman–Crippen LogP) is 6.59. The molecule has 0 amide bonds. The number of nitrogens with one attached hydrogen (secondary N) is 2. The molecule has 1 atom stereocenters. The van der Waals surface area contributed by atoms with Crippen molar-refractivity contribution >= 4 is 17.6 Å². The summed E-state index contributed by atoms with van der Waals surface area (Å²) in [5, 5.41) is 21.5. The van der Waals surface area contributed by atoms with Crippen LogP contribution in [0.2, 0.25) is 0 Å². The Bertz CT molecular complexity index is 1660. The minimum Gasteiger partial charge on any atom is -0.477 e. The van der Waals surface area contributed by atoms with Crippen LogP contribution < -0.4 is 10.1 Å². The molecular weight excluding hydrogens is 609 g/mol. The first kappa shape index (κ1) is 33.7. The van der Waals surface area contributed by atoms with Crippen LogP contribution in [-0.4, -0.2) is 47.4 Å². The van der Waals surface area contributed by atoms with Crippen LogP contribution in [0.4, 0.5) is 18.9 Å². The van der Waals surface area contributed by atoms with Crippen LogP contribution in [-0.2, 0) is 25.2 Å². The standard InChI is InChI=1S/C32H33F3N4O7/c1-19-27(30(40)44-3)29(23-13-6-7-14-25(23)39(42)43)28(20(2)36-19)31(41)46-16-9-5-4-8-15-45-26-18-24(37-38-26)21-11-10-12-22(17-21)32(33,34)35/h6-7,10-14,17-18,29,36H,4-5,8-9,15-16H2,1-3H3,(H,37,38). The quantitative estimate of drug-likeness (QED) is 0.0912. The third-order valence-electron chi connectivity index (χ3n) is 7.41. The minimum atomic E-state index is -4.45. The van der Waals surface area contributed by atoms with E-state index in [-0.39, 0.29) is 34.9 Å². The van der Waals surface area contributed by atoms with Crippen molar-refractivity contribution in [1.29, 1.82) is 0 Å². The maximum absolute atomic E-state index is 13.4. The van der Waals surface area contributed by atoms with Crippen molar-refractivity contribution in [1.82, 2.24) is 15.5 Å². The number of rotatable bonds is 13. The summed E-state index contributed by atoms with van der Waals surface area (Å²) in [6.45, 7) is 3.67. The third-order valence-corrected chi connectivity index (χ3v) is 7.41. The van der Waals surface area contributed by atoms with E-state index in [1.54, 1.807) is 26.0 Å². The van der Waals surface area contributed by atoms with Crippen molar-refractivity contribution in [3.63, 3.8) is 0 Å². The van der Waals surface area contributed by atoms with Gasteiger partial charge in [0.2, 0.25) is 5.88 Å². The van der Waals surface area contributed by atoms with Gasteiger partial charge in [-0.15, -0.1) is 5.10 Å². The first-order valence-electron chi connectivity index (χ1n) is 14.5. The number of nitrogens with zero attached hydrogens (tertiary/aromatic N) is 2. The molecule has 244 valence electrons. The summed E-state index contributed by atoms with van der Waals surface area (Å²) in [6, 6.07) is 12.3. The Morgan fingerprint density at radius 3 is 2.28 bits per heavy atom. The molecule has 0 spiro atoms. The summed E-state index contributed by atoms with van der Waals surface area (Å²) >= 11 is 0. The lowest BCUT2D eigenvalue weighted by molar-refractivity contribution is -0.385. The molecule has 2 heterocycles. The third kappa shape index (κ3) is 7.92. The summed E-state index contributed by atoms with van der Waals surface area (Å²) < 4.78 is 55.2. The van der Waals surface area contributed by atoms with E-state index >= 15 is 0 Å². The fourth-order valence-electron chi connectivity index (χ4n) is 5.22. The average molecular weight is 643 g/mol. The molecule has 3 aromatic rings. The number of H-pyrrole nitrogens is 1. The van der Waals surface area contributed by atoms with Gasteiger partial charge in [0, 0.05) is 34.7 Å². The number of ether oxygens (including phenoxy) is 3. The molecule has 0 saturated carbocycles. The van der Waals surface area contributed by atoms with Crippen molar-refractivity contribution in [2.75, 3.05) is 20.3 Å². The van der Waals surface area contributed by atoms with E-state index in [9.17, 15) is 32.9 Å². The van der Waals surface area contributed by atoms with Crippen LogP contribution in [0.25, 0.3) is 11.3 Å². The van der Waals surface area contributed by atoms with Crippen LogP contribution in [0.3, 0.4) is 0 Å². The van der Waals surface area contributed by atoms with Gasteiger partial charge in [-0.05, 0) is 51.7 Å². The summed E-state index contributed by atoms with van der Waals surface area (Å²) in [7, 11) is 1.19. The fourth-order valence-corrected chi connectivity index (χ4v) is 5.22. The monoisotopic (exact) mass is 642 g/mol. The number of allylic oxidation sites excluding steroid dienone is 2. The number of nitro groups is 1. The Kier molecular flexibility index (Phi) is 10.8. The highest BCUT2D eigenvalue weighted by Crippen LogP contribution is 2.42. The van der Waals surface area contributed by atoms with E-state index in [0.29, 0.717) is 48.5 Å². The van der Waals surface area contributed by atoms with Crippen molar-refractivity contribution < 1.29 is 41.9 Å². The van der Waals surface area contributed by atoms with Crippen LogP contribution in [0.1, 0.15) is 56.6 Å². The van der Waals surface area contributed by atoms with Crippen molar-refractivity contribution in [3.05, 3.63) is 98.4 Å². The number of aromatic amines is 1. The van der Waals surface area contributed by atoms with Gasteiger partial charge in [-0.3, -0.25) is 15.2 Å². The maximum Gasteiger partial charge on any atom is 0.416 e.